The molecule has 0 saturated carbocycles. The molecule has 0 bridgehead atoms. The highest BCUT2D eigenvalue weighted by atomic mass is 16.5. The van der Waals surface area contributed by atoms with Crippen molar-refractivity contribution < 1.29 is 14.6 Å². The van der Waals surface area contributed by atoms with Crippen LogP contribution in [0.4, 0.5) is 0 Å². The maximum atomic E-state index is 11.5. The van der Waals surface area contributed by atoms with Crippen LogP contribution in [-0.2, 0) is 9.53 Å². The van der Waals surface area contributed by atoms with Gasteiger partial charge in [-0.2, -0.15) is 0 Å². The van der Waals surface area contributed by atoms with Crippen molar-refractivity contribution >= 4 is 11.5 Å². The monoisotopic (exact) mass is 220 g/mol. The van der Waals surface area contributed by atoms with Gasteiger partial charge in [-0.15, -0.1) is 0 Å². The molecule has 16 heavy (non-hydrogen) atoms. The highest BCUT2D eigenvalue weighted by Crippen LogP contribution is 2.22. The van der Waals surface area contributed by atoms with E-state index in [0.29, 0.717) is 12.2 Å². The number of esters is 1. The maximum absolute atomic E-state index is 11.5. The van der Waals surface area contributed by atoms with Gasteiger partial charge in [-0.3, -0.25) is 0 Å². The Balaban J connectivity index is 2.80. The van der Waals surface area contributed by atoms with Gasteiger partial charge in [-0.05, 0) is 30.5 Å². The SMILES string of the molecule is C=C(C(=O)OCCC)c1ccc(C)c(O)c1. The second kappa shape index (κ2) is 5.35. The third-order valence-electron chi connectivity index (χ3n) is 2.24. The molecule has 0 aliphatic heterocycles. The Hall–Kier alpha value is -1.77. The molecular formula is C13H16O3. The summed E-state index contributed by atoms with van der Waals surface area (Å²) in [5.74, 6) is -0.285. The van der Waals surface area contributed by atoms with Crippen molar-refractivity contribution in [1.29, 1.82) is 0 Å². The molecule has 0 heterocycles. The van der Waals surface area contributed by atoms with E-state index in [1.165, 1.54) is 6.07 Å². The van der Waals surface area contributed by atoms with E-state index in [2.05, 4.69) is 6.58 Å². The van der Waals surface area contributed by atoms with E-state index in [-0.39, 0.29) is 11.3 Å². The van der Waals surface area contributed by atoms with E-state index >= 15 is 0 Å². The average Bonchev–Trinajstić information content (AvgIpc) is 2.28. The first-order valence-corrected chi connectivity index (χ1v) is 5.22. The lowest BCUT2D eigenvalue weighted by atomic mass is 10.1. The van der Waals surface area contributed by atoms with Gasteiger partial charge in [0.1, 0.15) is 5.75 Å². The molecule has 0 aliphatic rings. The summed E-state index contributed by atoms with van der Waals surface area (Å²) in [6.07, 6.45) is 0.776. The molecule has 0 fully saturated rings. The van der Waals surface area contributed by atoms with E-state index in [1.54, 1.807) is 19.1 Å². The summed E-state index contributed by atoms with van der Waals surface area (Å²) < 4.78 is 4.96. The molecule has 3 heteroatoms. The second-order valence-electron chi connectivity index (χ2n) is 3.62. The van der Waals surface area contributed by atoms with Gasteiger partial charge < -0.3 is 9.84 Å². The largest absolute Gasteiger partial charge is 0.508 e. The van der Waals surface area contributed by atoms with Gasteiger partial charge in [0.2, 0.25) is 0 Å². The molecule has 0 unspecified atom stereocenters. The van der Waals surface area contributed by atoms with E-state index in [9.17, 15) is 9.90 Å². The molecule has 1 aromatic carbocycles. The zero-order chi connectivity index (χ0) is 12.1. The van der Waals surface area contributed by atoms with Crippen LogP contribution in [0, 0.1) is 6.92 Å². The van der Waals surface area contributed by atoms with Crippen LogP contribution in [0.5, 0.6) is 5.75 Å². The van der Waals surface area contributed by atoms with Gasteiger partial charge in [-0.25, -0.2) is 4.79 Å². The first kappa shape index (κ1) is 12.3. The Morgan fingerprint density at radius 1 is 1.50 bits per heavy atom. The minimum atomic E-state index is -0.440. The highest BCUT2D eigenvalue weighted by Gasteiger charge is 2.11. The van der Waals surface area contributed by atoms with Gasteiger partial charge in [0, 0.05) is 0 Å². The lowest BCUT2D eigenvalue weighted by Gasteiger charge is -2.07. The summed E-state index contributed by atoms with van der Waals surface area (Å²) in [4.78, 5) is 11.5. The third-order valence-corrected chi connectivity index (χ3v) is 2.24. The Morgan fingerprint density at radius 2 is 2.19 bits per heavy atom. The smallest absolute Gasteiger partial charge is 0.338 e. The first-order chi connectivity index (χ1) is 7.56. The van der Waals surface area contributed by atoms with Crippen molar-refractivity contribution in [3.8, 4) is 5.75 Å². The minimum absolute atomic E-state index is 0.155. The van der Waals surface area contributed by atoms with Crippen molar-refractivity contribution in [1.82, 2.24) is 0 Å². The normalized spacial score (nSPS) is 9.88. The number of carbonyl (C=O) groups is 1. The van der Waals surface area contributed by atoms with Crippen molar-refractivity contribution in [2.75, 3.05) is 6.61 Å². The van der Waals surface area contributed by atoms with Crippen LogP contribution >= 0.6 is 0 Å². The van der Waals surface area contributed by atoms with Crippen molar-refractivity contribution in [3.63, 3.8) is 0 Å². The van der Waals surface area contributed by atoms with Gasteiger partial charge in [0.15, 0.2) is 0 Å². The molecule has 1 rings (SSSR count). The zero-order valence-electron chi connectivity index (χ0n) is 9.62. The number of aryl methyl sites for hydroxylation is 1. The Morgan fingerprint density at radius 3 is 2.75 bits per heavy atom. The molecule has 0 amide bonds. The fourth-order valence-electron chi connectivity index (χ4n) is 1.20. The molecule has 1 aromatic rings. The predicted molar refractivity (Wildman–Crippen MR) is 63.1 cm³/mol. The number of hydrogen-bond acceptors (Lipinski definition) is 3. The molecule has 86 valence electrons. The minimum Gasteiger partial charge on any atom is -0.508 e. The molecule has 1 N–H and O–H groups in total. The molecule has 3 nitrogen and oxygen atoms in total. The second-order valence-corrected chi connectivity index (χ2v) is 3.62. The summed E-state index contributed by atoms with van der Waals surface area (Å²) in [6, 6.07) is 5.00. The van der Waals surface area contributed by atoms with Crippen molar-refractivity contribution in [3.05, 3.63) is 35.9 Å². The van der Waals surface area contributed by atoms with E-state index in [1.807, 2.05) is 6.92 Å². The predicted octanol–water partition coefficient (Wildman–Crippen LogP) is 2.67. The lowest BCUT2D eigenvalue weighted by Crippen LogP contribution is -2.07. The van der Waals surface area contributed by atoms with Gasteiger partial charge in [0.05, 0.1) is 12.2 Å². The Kier molecular flexibility index (Phi) is 4.11. The van der Waals surface area contributed by atoms with E-state index in [0.717, 1.165) is 12.0 Å². The fourth-order valence-corrected chi connectivity index (χ4v) is 1.20. The number of hydrogen-bond donors (Lipinski definition) is 1. The van der Waals surface area contributed by atoms with Crippen LogP contribution in [0.15, 0.2) is 24.8 Å². The standard InChI is InChI=1S/C13H16O3/c1-4-7-16-13(15)10(3)11-6-5-9(2)12(14)8-11/h5-6,8,14H,3-4,7H2,1-2H3. The Bertz CT molecular complexity index is 408. The van der Waals surface area contributed by atoms with Gasteiger partial charge in [-0.1, -0.05) is 25.6 Å². The molecular weight excluding hydrogens is 204 g/mol. The van der Waals surface area contributed by atoms with E-state index in [4.69, 9.17) is 4.74 Å². The molecule has 0 aliphatic carbocycles. The number of phenols is 1. The number of phenolic OH excluding ortho intramolecular Hbond substituents is 1. The summed E-state index contributed by atoms with van der Waals surface area (Å²) in [5.41, 5.74) is 1.62. The average molecular weight is 220 g/mol. The van der Waals surface area contributed by atoms with Crippen LogP contribution in [0.25, 0.3) is 5.57 Å². The van der Waals surface area contributed by atoms with Gasteiger partial charge in [0.25, 0.3) is 0 Å². The number of carbonyl (C=O) groups excluding carboxylic acids is 1. The lowest BCUT2D eigenvalue weighted by molar-refractivity contribution is -0.136. The van der Waals surface area contributed by atoms with Crippen LogP contribution in [0.2, 0.25) is 0 Å². The quantitative estimate of drug-likeness (QED) is 0.626. The number of ether oxygens (including phenoxy) is 1. The van der Waals surface area contributed by atoms with Gasteiger partial charge >= 0.3 is 5.97 Å². The summed E-state index contributed by atoms with van der Waals surface area (Å²) in [6.45, 7) is 7.76. The third kappa shape index (κ3) is 2.86. The maximum Gasteiger partial charge on any atom is 0.338 e. The number of aromatic hydroxyl groups is 1. The molecule has 0 saturated heterocycles. The molecule has 0 aromatic heterocycles. The zero-order valence-corrected chi connectivity index (χ0v) is 9.62. The topological polar surface area (TPSA) is 46.5 Å². The van der Waals surface area contributed by atoms with Crippen LogP contribution in [0.1, 0.15) is 24.5 Å². The Labute approximate surface area is 95.4 Å². The summed E-state index contributed by atoms with van der Waals surface area (Å²) in [7, 11) is 0. The number of benzene rings is 1. The van der Waals surface area contributed by atoms with Crippen LogP contribution in [0.3, 0.4) is 0 Å². The molecule has 0 spiro atoms. The highest BCUT2D eigenvalue weighted by molar-refractivity contribution is 6.15. The first-order valence-electron chi connectivity index (χ1n) is 5.22. The number of rotatable bonds is 4. The van der Waals surface area contributed by atoms with Crippen LogP contribution in [-0.4, -0.2) is 17.7 Å². The molecule has 0 atom stereocenters. The molecule has 0 radical (unpaired) electrons. The summed E-state index contributed by atoms with van der Waals surface area (Å²) in [5, 5.41) is 9.51. The van der Waals surface area contributed by atoms with Crippen molar-refractivity contribution in [2.24, 2.45) is 0 Å². The van der Waals surface area contributed by atoms with Crippen molar-refractivity contribution in [2.45, 2.75) is 20.3 Å². The fraction of sp³-hybridized carbons (Fsp3) is 0.308. The van der Waals surface area contributed by atoms with Crippen LogP contribution < -0.4 is 0 Å². The summed E-state index contributed by atoms with van der Waals surface area (Å²) >= 11 is 0. The van der Waals surface area contributed by atoms with E-state index < -0.39 is 5.97 Å².